The summed E-state index contributed by atoms with van der Waals surface area (Å²) >= 11 is 5.01. The van der Waals surface area contributed by atoms with Gasteiger partial charge in [-0.1, -0.05) is 15.9 Å². The van der Waals surface area contributed by atoms with Gasteiger partial charge in [0.05, 0.1) is 21.1 Å². The number of fused-ring (bicyclic) bond motifs is 2. The van der Waals surface area contributed by atoms with E-state index in [2.05, 4.69) is 15.9 Å². The third-order valence-electron chi connectivity index (χ3n) is 3.80. The van der Waals surface area contributed by atoms with Crippen molar-refractivity contribution in [2.45, 2.75) is 6.10 Å². The molecular weight excluding hydrogens is 402 g/mol. The molecule has 1 atom stereocenters. The summed E-state index contributed by atoms with van der Waals surface area (Å²) in [6, 6.07) is 11.3. The van der Waals surface area contributed by atoms with Gasteiger partial charge in [0.2, 0.25) is 0 Å². The monoisotopic (exact) mass is 422 g/mol. The van der Waals surface area contributed by atoms with Crippen molar-refractivity contribution in [2.75, 3.05) is 34.3 Å². The topological polar surface area (TPSA) is 46.5 Å². The van der Waals surface area contributed by atoms with E-state index in [9.17, 15) is 9.90 Å². The molecule has 1 heterocycles. The van der Waals surface area contributed by atoms with Gasteiger partial charge in [-0.05, 0) is 36.4 Å². The smallest absolute Gasteiger partial charge is 0.196 e. The molecule has 132 valence electrons. The highest BCUT2D eigenvalue weighted by Crippen LogP contribution is 2.29. The highest BCUT2D eigenvalue weighted by molar-refractivity contribution is 9.10. The molecule has 0 amide bonds. The number of hydrogen-bond donors (Lipinski definition) is 1. The van der Waals surface area contributed by atoms with Crippen LogP contribution in [0.1, 0.15) is 0 Å². The van der Waals surface area contributed by atoms with E-state index in [0.29, 0.717) is 27.5 Å². The molecule has 0 radical (unpaired) electrons. The van der Waals surface area contributed by atoms with Crippen LogP contribution in [0.4, 0.5) is 0 Å². The van der Waals surface area contributed by atoms with E-state index >= 15 is 0 Å². The minimum Gasteiger partial charge on any atom is -0.491 e. The zero-order valence-corrected chi connectivity index (χ0v) is 16.9. The molecule has 0 saturated heterocycles. The molecule has 6 heteroatoms. The number of ether oxygens (including phenoxy) is 1. The number of benzene rings is 2. The van der Waals surface area contributed by atoms with E-state index in [4.69, 9.17) is 4.74 Å². The Morgan fingerprint density at radius 2 is 1.76 bits per heavy atom. The zero-order chi connectivity index (χ0) is 18.2. The van der Waals surface area contributed by atoms with E-state index < -0.39 is 6.10 Å². The van der Waals surface area contributed by atoms with Crippen molar-refractivity contribution in [2.24, 2.45) is 0 Å². The number of hydrogen-bond acceptors (Lipinski definition) is 4. The fourth-order valence-corrected chi connectivity index (χ4v) is 4.17. The Hall–Kier alpha value is -1.47. The van der Waals surface area contributed by atoms with Gasteiger partial charge < -0.3 is 14.3 Å². The number of aliphatic hydroxyl groups excluding tert-OH is 1. The highest BCUT2D eigenvalue weighted by Gasteiger charge is 2.16. The fourth-order valence-electron chi connectivity index (χ4n) is 2.77. The maximum absolute atomic E-state index is 12.8. The van der Waals surface area contributed by atoms with Crippen LogP contribution in [0.2, 0.25) is 0 Å². The molecule has 0 bridgehead atoms. The van der Waals surface area contributed by atoms with E-state index in [0.717, 1.165) is 13.9 Å². The van der Waals surface area contributed by atoms with Crippen molar-refractivity contribution in [1.29, 1.82) is 0 Å². The second-order valence-electron chi connectivity index (χ2n) is 7.17. The minimum atomic E-state index is -0.558. The lowest BCUT2D eigenvalue weighted by atomic mass is 10.2. The first kappa shape index (κ1) is 18.3. The quantitative estimate of drug-likeness (QED) is 0.504. The molecule has 25 heavy (non-hydrogen) atoms. The molecule has 3 rings (SSSR count). The first-order valence-electron chi connectivity index (χ1n) is 8.00. The predicted octanol–water partition coefficient (Wildman–Crippen LogP) is 3.62. The molecule has 0 aliphatic heterocycles. The first-order valence-corrected chi connectivity index (χ1v) is 9.61. The molecule has 3 aromatic rings. The number of aliphatic hydroxyl groups is 1. The Balaban J connectivity index is 1.90. The molecule has 0 aliphatic rings. The summed E-state index contributed by atoms with van der Waals surface area (Å²) < 4.78 is 9.15. The summed E-state index contributed by atoms with van der Waals surface area (Å²) in [5.41, 5.74) is 0.00223. The number of likely N-dealkylation sites (N-methyl/N-ethyl adjacent to an activating group) is 1. The summed E-state index contributed by atoms with van der Waals surface area (Å²) in [4.78, 5) is 12.8. The molecule has 1 unspecified atom stereocenters. The molecular formula is C19H21BrNO3S+. The van der Waals surface area contributed by atoms with Crippen molar-refractivity contribution >= 4 is 47.4 Å². The summed E-state index contributed by atoms with van der Waals surface area (Å²) in [5, 5.41) is 11.4. The molecule has 0 saturated carbocycles. The second kappa shape index (κ2) is 7.03. The Bertz CT molecular complexity index is 978. The van der Waals surface area contributed by atoms with Gasteiger partial charge in [-0.3, -0.25) is 4.79 Å². The number of rotatable bonds is 5. The molecule has 0 fully saturated rings. The van der Waals surface area contributed by atoms with E-state index in [1.165, 1.54) is 0 Å². The van der Waals surface area contributed by atoms with Gasteiger partial charge in [0.25, 0.3) is 0 Å². The summed E-state index contributed by atoms with van der Waals surface area (Å²) in [6.45, 7) is 0.804. The van der Waals surface area contributed by atoms with Crippen molar-refractivity contribution in [3.05, 3.63) is 51.1 Å². The summed E-state index contributed by atoms with van der Waals surface area (Å²) in [7, 11) is 6.06. The predicted molar refractivity (Wildman–Crippen MR) is 108 cm³/mol. The van der Waals surface area contributed by atoms with Crippen molar-refractivity contribution in [3.8, 4) is 5.75 Å². The number of halogens is 1. The van der Waals surface area contributed by atoms with Gasteiger partial charge in [-0.15, -0.1) is 11.3 Å². The summed E-state index contributed by atoms with van der Waals surface area (Å²) in [5.74, 6) is 0.603. The van der Waals surface area contributed by atoms with Gasteiger partial charge in [-0.25, -0.2) is 0 Å². The van der Waals surface area contributed by atoms with Gasteiger partial charge in [0.1, 0.15) is 25.0 Å². The van der Waals surface area contributed by atoms with Gasteiger partial charge >= 0.3 is 0 Å². The first-order chi connectivity index (χ1) is 11.7. The fraction of sp³-hybridized carbons (Fsp3) is 0.316. The second-order valence-corrected chi connectivity index (χ2v) is 9.17. The Morgan fingerprint density at radius 1 is 1.12 bits per heavy atom. The lowest BCUT2D eigenvalue weighted by Gasteiger charge is -2.26. The Morgan fingerprint density at radius 3 is 2.44 bits per heavy atom. The normalized spacial score (nSPS) is 13.3. The van der Waals surface area contributed by atoms with E-state index in [1.54, 1.807) is 17.4 Å². The van der Waals surface area contributed by atoms with Crippen LogP contribution in [0.3, 0.4) is 0 Å². The van der Waals surface area contributed by atoms with E-state index in [-0.39, 0.29) is 12.0 Å². The molecule has 1 aromatic heterocycles. The highest BCUT2D eigenvalue weighted by atomic mass is 79.9. The standard InChI is InChI=1S/C19H21BrNO3S/c1-21(2,3)10-13(22)11-24-14-5-7-18-16(9-14)19(23)15-8-12(20)4-6-17(15)25-18/h4-9,13,22H,10-11H2,1-3H3/q+1. The van der Waals surface area contributed by atoms with Crippen LogP contribution in [-0.2, 0) is 0 Å². The number of quaternary nitrogens is 1. The average molecular weight is 423 g/mol. The van der Waals surface area contributed by atoms with Crippen molar-refractivity contribution in [1.82, 2.24) is 0 Å². The van der Waals surface area contributed by atoms with E-state index in [1.807, 2.05) is 51.5 Å². The van der Waals surface area contributed by atoms with Crippen LogP contribution in [0.15, 0.2) is 45.7 Å². The van der Waals surface area contributed by atoms with Crippen LogP contribution in [-0.4, -0.2) is 50.0 Å². The van der Waals surface area contributed by atoms with Crippen LogP contribution in [0.25, 0.3) is 20.2 Å². The molecule has 2 aromatic carbocycles. The third-order valence-corrected chi connectivity index (χ3v) is 5.45. The molecule has 1 N–H and O–H groups in total. The maximum atomic E-state index is 12.8. The Labute approximate surface area is 159 Å². The lowest BCUT2D eigenvalue weighted by molar-refractivity contribution is -0.873. The molecule has 0 aliphatic carbocycles. The van der Waals surface area contributed by atoms with Crippen molar-refractivity contribution < 1.29 is 14.3 Å². The van der Waals surface area contributed by atoms with Crippen LogP contribution >= 0.6 is 27.3 Å². The maximum Gasteiger partial charge on any atom is 0.196 e. The zero-order valence-electron chi connectivity index (χ0n) is 14.5. The van der Waals surface area contributed by atoms with Gasteiger partial charge in [-0.2, -0.15) is 0 Å². The molecule has 4 nitrogen and oxygen atoms in total. The van der Waals surface area contributed by atoms with Crippen LogP contribution in [0.5, 0.6) is 5.75 Å². The number of nitrogens with zero attached hydrogens (tertiary/aromatic N) is 1. The molecule has 0 spiro atoms. The SMILES string of the molecule is C[N+](C)(C)CC(O)COc1ccc2sc3ccc(Br)cc3c(=O)c2c1. The lowest BCUT2D eigenvalue weighted by Crippen LogP contribution is -2.43. The average Bonchev–Trinajstić information content (AvgIpc) is 2.52. The Kier molecular flexibility index (Phi) is 5.16. The van der Waals surface area contributed by atoms with Gasteiger partial charge in [0, 0.05) is 24.6 Å². The summed E-state index contributed by atoms with van der Waals surface area (Å²) in [6.07, 6.45) is -0.558. The van der Waals surface area contributed by atoms with Gasteiger partial charge in [0.15, 0.2) is 5.43 Å². The van der Waals surface area contributed by atoms with Crippen LogP contribution < -0.4 is 10.2 Å². The third kappa shape index (κ3) is 4.39. The largest absolute Gasteiger partial charge is 0.491 e. The van der Waals surface area contributed by atoms with Crippen LogP contribution in [0, 0.1) is 0 Å². The minimum absolute atomic E-state index is 0.00223. The van der Waals surface area contributed by atoms with Crippen molar-refractivity contribution in [3.63, 3.8) is 0 Å².